The largest absolute Gasteiger partial charge is 0.502 e. The van der Waals surface area contributed by atoms with Gasteiger partial charge in [-0.2, -0.15) is 0 Å². The molecule has 0 spiro atoms. The van der Waals surface area contributed by atoms with Crippen molar-refractivity contribution in [2.24, 2.45) is 0 Å². The molecule has 0 aliphatic carbocycles. The Morgan fingerprint density at radius 2 is 2.35 bits per heavy atom. The molecule has 2 N–H and O–H groups in total. The van der Waals surface area contributed by atoms with E-state index in [-0.39, 0.29) is 17.5 Å². The maximum Gasteiger partial charge on any atom is 0.313 e. The number of hydrogen-bond donors (Lipinski definition) is 2. The van der Waals surface area contributed by atoms with E-state index in [2.05, 4.69) is 5.32 Å². The van der Waals surface area contributed by atoms with E-state index >= 15 is 0 Å². The van der Waals surface area contributed by atoms with Crippen LogP contribution in [-0.2, 0) is 4.74 Å². The van der Waals surface area contributed by atoms with Crippen LogP contribution in [0.3, 0.4) is 0 Å². The maximum absolute atomic E-state index is 10.9. The number of ether oxygens (including phenoxy) is 1. The highest BCUT2D eigenvalue weighted by Gasteiger charge is 2.26. The molecule has 0 unspecified atom stereocenters. The van der Waals surface area contributed by atoms with Crippen molar-refractivity contribution in [2.45, 2.75) is 13.0 Å². The summed E-state index contributed by atoms with van der Waals surface area (Å²) in [5, 5.41) is 24.0. The van der Waals surface area contributed by atoms with Gasteiger partial charge in [0.25, 0.3) is 0 Å². The lowest BCUT2D eigenvalue weighted by Gasteiger charge is -2.24. The zero-order valence-electron chi connectivity index (χ0n) is 9.47. The van der Waals surface area contributed by atoms with Gasteiger partial charge in [-0.1, -0.05) is 12.1 Å². The predicted octanol–water partition coefficient (Wildman–Crippen LogP) is 1.27. The second-order valence-electron chi connectivity index (χ2n) is 4.01. The van der Waals surface area contributed by atoms with Crippen LogP contribution in [0.1, 0.15) is 17.2 Å². The normalized spacial score (nSPS) is 20.2. The van der Waals surface area contributed by atoms with Crippen molar-refractivity contribution in [1.82, 2.24) is 5.32 Å². The lowest BCUT2D eigenvalue weighted by atomic mass is 10.0. The summed E-state index contributed by atoms with van der Waals surface area (Å²) >= 11 is 0. The zero-order valence-corrected chi connectivity index (χ0v) is 9.47. The Morgan fingerprint density at radius 3 is 2.94 bits per heavy atom. The summed E-state index contributed by atoms with van der Waals surface area (Å²) in [5.74, 6) is -0.266. The first kappa shape index (κ1) is 11.8. The van der Waals surface area contributed by atoms with Crippen LogP contribution >= 0.6 is 0 Å². The molecule has 0 saturated carbocycles. The quantitative estimate of drug-likeness (QED) is 0.598. The van der Waals surface area contributed by atoms with Crippen LogP contribution in [-0.4, -0.2) is 29.8 Å². The molecule has 17 heavy (non-hydrogen) atoms. The molecule has 0 aromatic heterocycles. The molecule has 92 valence electrons. The topological polar surface area (TPSA) is 84.6 Å². The Labute approximate surface area is 98.4 Å². The number of phenolic OH excluding ortho intramolecular Hbond substituents is 1. The standard InChI is InChI=1S/C11H14N2O4/c1-7-2-3-8(9-6-17-5-4-12-9)11(14)10(7)13(15)16/h2-3,9,12,14H,4-6H2,1H3/t9-/m0/s1. The number of morpholine rings is 1. The molecule has 2 rings (SSSR count). The van der Waals surface area contributed by atoms with Crippen molar-refractivity contribution < 1.29 is 14.8 Å². The van der Waals surface area contributed by atoms with Crippen molar-refractivity contribution in [3.8, 4) is 5.75 Å². The average Bonchev–Trinajstić information content (AvgIpc) is 2.30. The van der Waals surface area contributed by atoms with Crippen molar-refractivity contribution in [3.05, 3.63) is 33.4 Å². The van der Waals surface area contributed by atoms with Gasteiger partial charge in [0.15, 0.2) is 5.75 Å². The van der Waals surface area contributed by atoms with Crippen molar-refractivity contribution >= 4 is 5.69 Å². The van der Waals surface area contributed by atoms with Crippen molar-refractivity contribution in [3.63, 3.8) is 0 Å². The lowest BCUT2D eigenvalue weighted by molar-refractivity contribution is -0.386. The molecule has 1 aliphatic heterocycles. The van der Waals surface area contributed by atoms with Gasteiger partial charge < -0.3 is 15.2 Å². The fourth-order valence-corrected chi connectivity index (χ4v) is 1.97. The van der Waals surface area contributed by atoms with E-state index < -0.39 is 4.92 Å². The average molecular weight is 238 g/mol. The summed E-state index contributed by atoms with van der Waals surface area (Å²) in [5.41, 5.74) is 0.741. The number of hydrogen-bond acceptors (Lipinski definition) is 5. The summed E-state index contributed by atoms with van der Waals surface area (Å²) in [4.78, 5) is 10.3. The Hall–Kier alpha value is -1.66. The Kier molecular flexibility index (Phi) is 3.26. The third-order valence-electron chi connectivity index (χ3n) is 2.86. The van der Waals surface area contributed by atoms with Gasteiger partial charge in [0.05, 0.1) is 24.2 Å². The lowest BCUT2D eigenvalue weighted by Crippen LogP contribution is -2.34. The number of nitrogens with zero attached hydrogens (tertiary/aromatic N) is 1. The number of phenols is 1. The number of benzene rings is 1. The van der Waals surface area contributed by atoms with Gasteiger partial charge in [-0.15, -0.1) is 0 Å². The second-order valence-corrected chi connectivity index (χ2v) is 4.01. The second kappa shape index (κ2) is 4.68. The van der Waals surface area contributed by atoms with Gasteiger partial charge in [0.1, 0.15) is 0 Å². The number of nitro groups is 1. The molecule has 6 heteroatoms. The molecule has 6 nitrogen and oxygen atoms in total. The third-order valence-corrected chi connectivity index (χ3v) is 2.86. The van der Waals surface area contributed by atoms with Gasteiger partial charge in [-0.05, 0) is 6.92 Å². The molecule has 1 aromatic rings. The summed E-state index contributed by atoms with van der Waals surface area (Å²) in [7, 11) is 0. The van der Waals surface area contributed by atoms with Crippen LogP contribution < -0.4 is 5.32 Å². The highest BCUT2D eigenvalue weighted by Crippen LogP contribution is 2.36. The predicted molar refractivity (Wildman–Crippen MR) is 61.1 cm³/mol. The maximum atomic E-state index is 10.9. The van der Waals surface area contributed by atoms with Crippen LogP contribution in [0, 0.1) is 17.0 Å². The minimum Gasteiger partial charge on any atom is -0.502 e. The SMILES string of the molecule is Cc1ccc([C@@H]2COCCN2)c(O)c1[N+](=O)[O-]. The molecular formula is C11H14N2O4. The summed E-state index contributed by atoms with van der Waals surface area (Å²) in [6.07, 6.45) is 0. The Balaban J connectivity index is 2.41. The molecule has 0 amide bonds. The van der Waals surface area contributed by atoms with E-state index in [1.165, 1.54) is 0 Å². The molecule has 1 heterocycles. The monoisotopic (exact) mass is 238 g/mol. The molecule has 1 aromatic carbocycles. The highest BCUT2D eigenvalue weighted by atomic mass is 16.6. The van der Waals surface area contributed by atoms with E-state index in [0.29, 0.717) is 30.9 Å². The molecular weight excluding hydrogens is 224 g/mol. The van der Waals surface area contributed by atoms with Crippen LogP contribution in [0.25, 0.3) is 0 Å². The molecule has 1 aliphatic rings. The van der Waals surface area contributed by atoms with Gasteiger partial charge in [0, 0.05) is 17.7 Å². The number of nitrogens with one attached hydrogen (secondary N) is 1. The third kappa shape index (κ3) is 2.22. The number of nitro benzene ring substituents is 1. The van der Waals surface area contributed by atoms with E-state index in [0.717, 1.165) is 0 Å². The molecule has 1 atom stereocenters. The number of rotatable bonds is 2. The summed E-state index contributed by atoms with van der Waals surface area (Å²) in [6.45, 7) is 3.30. The van der Waals surface area contributed by atoms with Crippen LogP contribution in [0.15, 0.2) is 12.1 Å². The van der Waals surface area contributed by atoms with Gasteiger partial charge in [-0.25, -0.2) is 0 Å². The molecule has 0 bridgehead atoms. The molecule has 0 radical (unpaired) electrons. The smallest absolute Gasteiger partial charge is 0.313 e. The van der Waals surface area contributed by atoms with Crippen LogP contribution in [0.2, 0.25) is 0 Å². The van der Waals surface area contributed by atoms with E-state index in [1.807, 2.05) is 0 Å². The van der Waals surface area contributed by atoms with Crippen LogP contribution in [0.4, 0.5) is 5.69 Å². The van der Waals surface area contributed by atoms with E-state index in [4.69, 9.17) is 4.74 Å². The fourth-order valence-electron chi connectivity index (χ4n) is 1.97. The molecule has 1 fully saturated rings. The minimum absolute atomic E-state index is 0.192. The van der Waals surface area contributed by atoms with Crippen LogP contribution in [0.5, 0.6) is 5.75 Å². The van der Waals surface area contributed by atoms with Gasteiger partial charge >= 0.3 is 5.69 Å². The zero-order chi connectivity index (χ0) is 12.4. The first-order valence-corrected chi connectivity index (χ1v) is 5.39. The minimum atomic E-state index is -0.558. The summed E-state index contributed by atoms with van der Waals surface area (Å²) in [6, 6.07) is 3.15. The van der Waals surface area contributed by atoms with Gasteiger partial charge in [-0.3, -0.25) is 10.1 Å². The van der Waals surface area contributed by atoms with Gasteiger partial charge in [0.2, 0.25) is 0 Å². The Morgan fingerprint density at radius 1 is 1.59 bits per heavy atom. The first-order chi connectivity index (χ1) is 8.11. The fraction of sp³-hybridized carbons (Fsp3) is 0.455. The van der Waals surface area contributed by atoms with E-state index in [9.17, 15) is 15.2 Å². The van der Waals surface area contributed by atoms with Crippen molar-refractivity contribution in [2.75, 3.05) is 19.8 Å². The summed E-state index contributed by atoms with van der Waals surface area (Å²) < 4.78 is 5.28. The molecule has 1 saturated heterocycles. The highest BCUT2D eigenvalue weighted by molar-refractivity contribution is 5.56. The number of aromatic hydroxyl groups is 1. The first-order valence-electron chi connectivity index (χ1n) is 5.39. The Bertz CT molecular complexity index is 441. The van der Waals surface area contributed by atoms with E-state index in [1.54, 1.807) is 19.1 Å². The van der Waals surface area contributed by atoms with Crippen molar-refractivity contribution in [1.29, 1.82) is 0 Å². The number of aryl methyl sites for hydroxylation is 1.